The summed E-state index contributed by atoms with van der Waals surface area (Å²) in [6, 6.07) is 0. The average molecular weight is 106 g/mol. The maximum atomic E-state index is 9.98. The molecule has 0 aliphatic rings. The molecule has 44 valence electrons. The van der Waals surface area contributed by atoms with Crippen LogP contribution in [-0.2, 0) is 9.57 Å². The van der Waals surface area contributed by atoms with Crippen molar-refractivity contribution in [3.8, 4) is 0 Å². The molecule has 0 fully saturated rings. The maximum absolute atomic E-state index is 9.98. The second kappa shape index (κ2) is 4.01. The van der Waals surface area contributed by atoms with Crippen molar-refractivity contribution in [1.29, 1.82) is 0 Å². The molecule has 0 aromatic carbocycles. The standard InChI is InChI=1S/C3H8NO3/c1-6-3-4(5)7-2/h3H2,1-2H3/q-1. The Hall–Kier alpha value is -0.160. The molecule has 0 spiro atoms. The van der Waals surface area contributed by atoms with E-state index in [9.17, 15) is 5.21 Å². The van der Waals surface area contributed by atoms with Crippen LogP contribution in [0.3, 0.4) is 0 Å². The molecule has 0 saturated carbocycles. The number of hydrogen-bond acceptors (Lipinski definition) is 4. The Labute approximate surface area is 42.2 Å². The van der Waals surface area contributed by atoms with Crippen molar-refractivity contribution in [3.63, 3.8) is 0 Å². The van der Waals surface area contributed by atoms with E-state index in [1.54, 1.807) is 0 Å². The Morgan fingerprint density at radius 2 is 2.14 bits per heavy atom. The smallest absolute Gasteiger partial charge is 0.109 e. The molecule has 0 amide bonds. The second-order valence-corrected chi connectivity index (χ2v) is 0.933. The SMILES string of the molecule is COCN([O-])OC. The molecule has 0 radical (unpaired) electrons. The Morgan fingerprint density at radius 1 is 1.57 bits per heavy atom. The van der Waals surface area contributed by atoms with Crippen LogP contribution in [0.5, 0.6) is 0 Å². The fraction of sp³-hybridized carbons (Fsp3) is 1.00. The summed E-state index contributed by atoms with van der Waals surface area (Å²) in [5, 5.41) is 10.3. The number of nitrogens with zero attached hydrogens (tertiary/aromatic N) is 1. The topological polar surface area (TPSA) is 44.8 Å². The first-order valence-electron chi connectivity index (χ1n) is 1.79. The van der Waals surface area contributed by atoms with Crippen molar-refractivity contribution in [2.24, 2.45) is 0 Å². The average Bonchev–Trinajstić information content (AvgIpc) is 1.68. The molecular formula is C3H8NO3-. The first-order chi connectivity index (χ1) is 3.31. The van der Waals surface area contributed by atoms with Gasteiger partial charge in [-0.15, -0.1) is 0 Å². The van der Waals surface area contributed by atoms with Gasteiger partial charge in [-0.1, -0.05) is 0 Å². The molecule has 0 aromatic heterocycles. The third-order valence-electron chi connectivity index (χ3n) is 0.438. The van der Waals surface area contributed by atoms with Gasteiger partial charge in [0, 0.05) is 7.11 Å². The monoisotopic (exact) mass is 106 g/mol. The summed E-state index contributed by atoms with van der Waals surface area (Å²) in [5.41, 5.74) is 0. The highest BCUT2D eigenvalue weighted by Crippen LogP contribution is 1.79. The van der Waals surface area contributed by atoms with Crippen LogP contribution in [0.2, 0.25) is 0 Å². The lowest BCUT2D eigenvalue weighted by atomic mass is 11.3. The predicted octanol–water partition coefficient (Wildman–Crippen LogP) is -0.0485. The van der Waals surface area contributed by atoms with Gasteiger partial charge in [0.2, 0.25) is 0 Å². The van der Waals surface area contributed by atoms with E-state index in [2.05, 4.69) is 9.57 Å². The van der Waals surface area contributed by atoms with E-state index in [1.807, 2.05) is 0 Å². The van der Waals surface area contributed by atoms with Crippen molar-refractivity contribution in [1.82, 2.24) is 5.23 Å². The molecule has 4 nitrogen and oxygen atoms in total. The van der Waals surface area contributed by atoms with Crippen LogP contribution in [0.15, 0.2) is 0 Å². The number of rotatable bonds is 3. The lowest BCUT2D eigenvalue weighted by molar-refractivity contribution is -0.143. The van der Waals surface area contributed by atoms with E-state index in [1.165, 1.54) is 14.2 Å². The van der Waals surface area contributed by atoms with Gasteiger partial charge in [-0.2, -0.15) is 0 Å². The van der Waals surface area contributed by atoms with Gasteiger partial charge in [-0.3, -0.25) is 0 Å². The van der Waals surface area contributed by atoms with Crippen molar-refractivity contribution in [2.45, 2.75) is 0 Å². The summed E-state index contributed by atoms with van der Waals surface area (Å²) in [6.45, 7) is -0.0451. The molecule has 0 bridgehead atoms. The summed E-state index contributed by atoms with van der Waals surface area (Å²) in [7, 11) is 2.70. The van der Waals surface area contributed by atoms with Crippen LogP contribution in [0, 0.1) is 5.21 Å². The molecule has 0 aliphatic carbocycles. The quantitative estimate of drug-likeness (QED) is 0.374. The van der Waals surface area contributed by atoms with Gasteiger partial charge in [0.15, 0.2) is 0 Å². The molecular weight excluding hydrogens is 98.0 g/mol. The van der Waals surface area contributed by atoms with Gasteiger partial charge in [-0.25, -0.2) is 5.23 Å². The van der Waals surface area contributed by atoms with Crippen molar-refractivity contribution >= 4 is 0 Å². The van der Waals surface area contributed by atoms with Gasteiger partial charge in [0.1, 0.15) is 6.73 Å². The lowest BCUT2D eigenvalue weighted by Gasteiger charge is -2.22. The summed E-state index contributed by atoms with van der Waals surface area (Å²) in [4.78, 5) is 4.14. The van der Waals surface area contributed by atoms with Crippen LogP contribution in [-0.4, -0.2) is 26.2 Å². The number of ether oxygens (including phenoxy) is 1. The summed E-state index contributed by atoms with van der Waals surface area (Å²) in [6.07, 6.45) is 0. The zero-order chi connectivity index (χ0) is 5.70. The minimum atomic E-state index is -0.0451. The molecule has 0 N–H and O–H groups in total. The molecule has 7 heavy (non-hydrogen) atoms. The molecule has 0 unspecified atom stereocenters. The largest absolute Gasteiger partial charge is 0.760 e. The fourth-order valence-electron chi connectivity index (χ4n) is 0.158. The maximum Gasteiger partial charge on any atom is 0.109 e. The molecule has 0 heterocycles. The Morgan fingerprint density at radius 3 is 2.29 bits per heavy atom. The van der Waals surface area contributed by atoms with Gasteiger partial charge in [0.05, 0.1) is 7.11 Å². The van der Waals surface area contributed by atoms with Crippen LogP contribution < -0.4 is 0 Å². The van der Waals surface area contributed by atoms with E-state index in [0.29, 0.717) is 5.23 Å². The summed E-state index contributed by atoms with van der Waals surface area (Å²) >= 11 is 0. The Kier molecular flexibility index (Phi) is 3.92. The first kappa shape index (κ1) is 6.84. The number of methoxy groups -OCH3 is 1. The Balaban J connectivity index is 2.83. The normalized spacial score (nSPS) is 10.3. The highest BCUT2D eigenvalue weighted by molar-refractivity contribution is 4.26. The van der Waals surface area contributed by atoms with Crippen molar-refractivity contribution in [3.05, 3.63) is 5.21 Å². The van der Waals surface area contributed by atoms with Crippen molar-refractivity contribution < 1.29 is 9.57 Å². The van der Waals surface area contributed by atoms with E-state index >= 15 is 0 Å². The second-order valence-electron chi connectivity index (χ2n) is 0.933. The fourth-order valence-corrected chi connectivity index (χ4v) is 0.158. The van der Waals surface area contributed by atoms with Crippen LogP contribution >= 0.6 is 0 Å². The van der Waals surface area contributed by atoms with E-state index in [-0.39, 0.29) is 6.73 Å². The zero-order valence-corrected chi connectivity index (χ0v) is 4.38. The molecule has 0 atom stereocenters. The summed E-state index contributed by atoms with van der Waals surface area (Å²) < 4.78 is 4.38. The van der Waals surface area contributed by atoms with Gasteiger partial charge < -0.3 is 14.8 Å². The molecule has 0 aromatic rings. The van der Waals surface area contributed by atoms with Gasteiger partial charge in [0.25, 0.3) is 0 Å². The van der Waals surface area contributed by atoms with Gasteiger partial charge in [-0.05, 0) is 0 Å². The first-order valence-corrected chi connectivity index (χ1v) is 1.79. The van der Waals surface area contributed by atoms with Crippen molar-refractivity contribution in [2.75, 3.05) is 21.0 Å². The zero-order valence-electron chi connectivity index (χ0n) is 4.38. The highest BCUT2D eigenvalue weighted by Gasteiger charge is 1.78. The molecule has 0 aliphatic heterocycles. The Bertz CT molecular complexity index is 41.2. The van der Waals surface area contributed by atoms with Gasteiger partial charge >= 0.3 is 0 Å². The minimum absolute atomic E-state index is 0.0451. The van der Waals surface area contributed by atoms with E-state index in [4.69, 9.17) is 0 Å². The molecule has 4 heteroatoms. The van der Waals surface area contributed by atoms with E-state index < -0.39 is 0 Å². The summed E-state index contributed by atoms with van der Waals surface area (Å²) in [5.74, 6) is 0. The molecule has 0 rings (SSSR count). The van der Waals surface area contributed by atoms with Crippen LogP contribution in [0.1, 0.15) is 0 Å². The van der Waals surface area contributed by atoms with Crippen LogP contribution in [0.4, 0.5) is 0 Å². The predicted molar refractivity (Wildman–Crippen MR) is 24.1 cm³/mol. The minimum Gasteiger partial charge on any atom is -0.760 e. The third kappa shape index (κ3) is 3.68. The number of hydroxylamine groups is 2. The van der Waals surface area contributed by atoms with Crippen LogP contribution in [0.25, 0.3) is 0 Å². The lowest BCUT2D eigenvalue weighted by Crippen LogP contribution is -2.16. The molecule has 0 saturated heterocycles. The number of hydrogen-bond donors (Lipinski definition) is 0. The van der Waals surface area contributed by atoms with E-state index in [0.717, 1.165) is 0 Å². The highest BCUT2D eigenvalue weighted by atomic mass is 16.9. The third-order valence-corrected chi connectivity index (χ3v) is 0.438.